The summed E-state index contributed by atoms with van der Waals surface area (Å²) < 4.78 is 11.2. The van der Waals surface area contributed by atoms with Gasteiger partial charge in [0.05, 0.1) is 18.5 Å². The van der Waals surface area contributed by atoms with Gasteiger partial charge in [0.1, 0.15) is 11.2 Å². The number of hydrogen-bond acceptors (Lipinski definition) is 4. The molecule has 0 bridgehead atoms. The lowest BCUT2D eigenvalue weighted by Gasteiger charge is -2.28. The van der Waals surface area contributed by atoms with Crippen molar-refractivity contribution in [1.82, 2.24) is 10.2 Å². The topological polar surface area (TPSA) is 67.9 Å². The van der Waals surface area contributed by atoms with E-state index < -0.39 is 11.2 Å². The molecule has 1 spiro atoms. The molecule has 106 valence electrons. The largest absolute Gasteiger partial charge is 0.444 e. The Morgan fingerprint density at radius 2 is 2.26 bits per heavy atom. The van der Waals surface area contributed by atoms with E-state index in [1.54, 1.807) is 4.90 Å². The summed E-state index contributed by atoms with van der Waals surface area (Å²) in [6.45, 7) is 6.97. The smallest absolute Gasteiger partial charge is 0.410 e. The van der Waals surface area contributed by atoms with Crippen LogP contribution in [-0.2, 0) is 14.3 Å². The third-order valence-corrected chi connectivity index (χ3v) is 4.08. The van der Waals surface area contributed by atoms with E-state index in [9.17, 15) is 9.59 Å². The monoisotopic (exact) mass is 268 g/mol. The van der Waals surface area contributed by atoms with Crippen molar-refractivity contribution in [3.8, 4) is 0 Å². The first kappa shape index (κ1) is 12.7. The molecule has 2 amide bonds. The van der Waals surface area contributed by atoms with Crippen molar-refractivity contribution in [3.05, 3.63) is 0 Å². The van der Waals surface area contributed by atoms with Gasteiger partial charge in [-0.1, -0.05) is 0 Å². The van der Waals surface area contributed by atoms with Gasteiger partial charge >= 0.3 is 6.09 Å². The molecule has 6 nitrogen and oxygen atoms in total. The zero-order valence-electron chi connectivity index (χ0n) is 11.6. The average Bonchev–Trinajstić information content (AvgIpc) is 2.87. The lowest BCUT2D eigenvalue weighted by molar-refractivity contribution is -0.125. The normalized spacial score (nSPS) is 37.0. The molecule has 6 heteroatoms. The maximum Gasteiger partial charge on any atom is 0.410 e. The van der Waals surface area contributed by atoms with Crippen molar-refractivity contribution >= 4 is 12.0 Å². The van der Waals surface area contributed by atoms with E-state index in [0.717, 1.165) is 6.42 Å². The summed E-state index contributed by atoms with van der Waals surface area (Å²) in [5.41, 5.74) is -1.04. The zero-order chi connectivity index (χ0) is 13.8. The number of ether oxygens (including phenoxy) is 2. The van der Waals surface area contributed by atoms with Crippen LogP contribution < -0.4 is 5.32 Å². The standard InChI is InChI=1S/C13H20N2O4/c1-12(2,3)19-11(17)15-6-8-10(16)14-9-4-5-18-13(8,9)7-15/h8-9H,4-7H2,1-3H3,(H,14,16). The van der Waals surface area contributed by atoms with Crippen LogP contribution in [-0.4, -0.2) is 53.8 Å². The lowest BCUT2D eigenvalue weighted by Crippen LogP contribution is -2.46. The molecule has 3 fully saturated rings. The molecule has 0 aromatic carbocycles. The van der Waals surface area contributed by atoms with E-state index in [-0.39, 0.29) is 24.0 Å². The molecule has 0 aromatic rings. The van der Waals surface area contributed by atoms with Crippen LogP contribution in [0.15, 0.2) is 0 Å². The Morgan fingerprint density at radius 1 is 1.53 bits per heavy atom. The van der Waals surface area contributed by atoms with E-state index in [2.05, 4.69) is 5.32 Å². The van der Waals surface area contributed by atoms with Crippen LogP contribution in [0.3, 0.4) is 0 Å². The summed E-state index contributed by atoms with van der Waals surface area (Å²) >= 11 is 0. The second-order valence-electron chi connectivity index (χ2n) is 6.57. The predicted molar refractivity (Wildman–Crippen MR) is 66.5 cm³/mol. The minimum Gasteiger partial charge on any atom is -0.444 e. The first-order valence-electron chi connectivity index (χ1n) is 6.74. The fraction of sp³-hybridized carbons (Fsp3) is 0.846. The fourth-order valence-electron chi connectivity index (χ4n) is 3.30. The molecule has 3 atom stereocenters. The maximum atomic E-state index is 12.1. The van der Waals surface area contributed by atoms with Crippen molar-refractivity contribution in [1.29, 1.82) is 0 Å². The highest BCUT2D eigenvalue weighted by Gasteiger charge is 2.64. The third kappa shape index (κ3) is 1.89. The summed E-state index contributed by atoms with van der Waals surface area (Å²) in [5, 5.41) is 2.97. The average molecular weight is 268 g/mol. The second kappa shape index (κ2) is 3.85. The van der Waals surface area contributed by atoms with Gasteiger partial charge in [0.15, 0.2) is 0 Å². The molecule has 3 saturated heterocycles. The van der Waals surface area contributed by atoms with Crippen LogP contribution in [0.4, 0.5) is 4.79 Å². The third-order valence-electron chi connectivity index (χ3n) is 4.08. The van der Waals surface area contributed by atoms with Gasteiger partial charge < -0.3 is 19.7 Å². The summed E-state index contributed by atoms with van der Waals surface area (Å²) in [4.78, 5) is 25.7. The van der Waals surface area contributed by atoms with Crippen molar-refractivity contribution in [2.75, 3.05) is 19.7 Å². The number of nitrogens with one attached hydrogen (secondary N) is 1. The Kier molecular flexibility index (Phi) is 2.58. The van der Waals surface area contributed by atoms with Gasteiger partial charge in [-0.3, -0.25) is 4.79 Å². The molecule has 3 aliphatic heterocycles. The Labute approximate surface area is 112 Å². The van der Waals surface area contributed by atoms with Crippen LogP contribution in [0.5, 0.6) is 0 Å². The molecule has 0 radical (unpaired) electrons. The molecule has 0 aliphatic carbocycles. The molecule has 3 rings (SSSR count). The predicted octanol–water partition coefficient (Wildman–Crippen LogP) is 0.511. The van der Waals surface area contributed by atoms with Crippen LogP contribution in [0, 0.1) is 5.92 Å². The van der Waals surface area contributed by atoms with Gasteiger partial charge in [0.2, 0.25) is 5.91 Å². The summed E-state index contributed by atoms with van der Waals surface area (Å²) in [5.74, 6) is -0.261. The van der Waals surface area contributed by atoms with Crippen LogP contribution in [0.1, 0.15) is 27.2 Å². The number of amides is 2. The molecule has 19 heavy (non-hydrogen) atoms. The molecule has 1 N–H and O–H groups in total. The molecular weight excluding hydrogens is 248 g/mol. The number of rotatable bonds is 0. The molecular formula is C13H20N2O4. The summed E-state index contributed by atoms with van der Waals surface area (Å²) in [7, 11) is 0. The van der Waals surface area contributed by atoms with E-state index in [0.29, 0.717) is 19.7 Å². The fourth-order valence-corrected chi connectivity index (χ4v) is 3.30. The van der Waals surface area contributed by atoms with Gasteiger partial charge in [-0.2, -0.15) is 0 Å². The lowest BCUT2D eigenvalue weighted by atomic mass is 9.89. The van der Waals surface area contributed by atoms with Crippen molar-refractivity contribution in [2.45, 2.75) is 44.4 Å². The van der Waals surface area contributed by atoms with Crippen molar-refractivity contribution < 1.29 is 19.1 Å². The number of likely N-dealkylation sites (tertiary alicyclic amines) is 1. The summed E-state index contributed by atoms with van der Waals surface area (Å²) in [6.07, 6.45) is 0.461. The van der Waals surface area contributed by atoms with Gasteiger partial charge in [0.25, 0.3) is 0 Å². The first-order valence-corrected chi connectivity index (χ1v) is 6.74. The number of carbonyl (C=O) groups is 2. The zero-order valence-corrected chi connectivity index (χ0v) is 11.6. The van der Waals surface area contributed by atoms with Crippen molar-refractivity contribution in [2.24, 2.45) is 5.92 Å². The molecule has 0 saturated carbocycles. The Balaban J connectivity index is 1.76. The number of hydrogen-bond donors (Lipinski definition) is 1. The minimum atomic E-state index is -0.523. The Bertz CT molecular complexity index is 431. The maximum absolute atomic E-state index is 12.1. The number of nitrogens with zero attached hydrogens (tertiary/aromatic N) is 1. The van der Waals surface area contributed by atoms with Crippen molar-refractivity contribution in [3.63, 3.8) is 0 Å². The van der Waals surface area contributed by atoms with Gasteiger partial charge in [-0.15, -0.1) is 0 Å². The SMILES string of the molecule is CC(C)(C)OC(=O)N1CC2C(=O)NC3CCOC32C1. The highest BCUT2D eigenvalue weighted by atomic mass is 16.6. The van der Waals surface area contributed by atoms with E-state index in [4.69, 9.17) is 9.47 Å². The van der Waals surface area contributed by atoms with E-state index in [1.807, 2.05) is 20.8 Å². The second-order valence-corrected chi connectivity index (χ2v) is 6.57. The molecule has 3 heterocycles. The molecule has 3 unspecified atom stereocenters. The Morgan fingerprint density at radius 3 is 2.95 bits per heavy atom. The quantitative estimate of drug-likeness (QED) is 0.695. The first-order chi connectivity index (χ1) is 8.82. The van der Waals surface area contributed by atoms with Crippen LogP contribution in [0.2, 0.25) is 0 Å². The van der Waals surface area contributed by atoms with E-state index >= 15 is 0 Å². The molecule has 3 aliphatic rings. The summed E-state index contributed by atoms with van der Waals surface area (Å²) in [6, 6.07) is 0.0393. The van der Waals surface area contributed by atoms with Crippen LogP contribution in [0.25, 0.3) is 0 Å². The molecule has 0 aromatic heterocycles. The van der Waals surface area contributed by atoms with Gasteiger partial charge in [-0.25, -0.2) is 4.79 Å². The van der Waals surface area contributed by atoms with Gasteiger partial charge in [-0.05, 0) is 27.2 Å². The number of carbonyl (C=O) groups excluding carboxylic acids is 2. The van der Waals surface area contributed by atoms with E-state index in [1.165, 1.54) is 0 Å². The Hall–Kier alpha value is -1.30. The van der Waals surface area contributed by atoms with Crippen LogP contribution >= 0.6 is 0 Å². The highest BCUT2D eigenvalue weighted by molar-refractivity contribution is 5.86. The highest BCUT2D eigenvalue weighted by Crippen LogP contribution is 2.44. The van der Waals surface area contributed by atoms with Gasteiger partial charge in [0, 0.05) is 13.2 Å². The minimum absolute atomic E-state index is 0.00393.